The van der Waals surface area contributed by atoms with Gasteiger partial charge in [0.2, 0.25) is 11.8 Å². The number of nitrogens with zero attached hydrogens (tertiary/aromatic N) is 1. The molecule has 1 aromatic carbocycles. The van der Waals surface area contributed by atoms with Crippen molar-refractivity contribution in [3.63, 3.8) is 0 Å². The van der Waals surface area contributed by atoms with Gasteiger partial charge in [-0.15, -0.1) is 0 Å². The largest absolute Gasteiger partial charge is 0.324 e. The monoisotopic (exact) mass is 287 g/mol. The Bertz CT molecular complexity index is 564. The van der Waals surface area contributed by atoms with E-state index in [2.05, 4.69) is 10.6 Å². The highest BCUT2D eigenvalue weighted by Crippen LogP contribution is 2.26. The van der Waals surface area contributed by atoms with Gasteiger partial charge in [-0.3, -0.25) is 9.59 Å². The summed E-state index contributed by atoms with van der Waals surface area (Å²) in [6.45, 7) is 3.57. The molecule has 5 heteroatoms. The molecule has 0 saturated carbocycles. The van der Waals surface area contributed by atoms with Crippen LogP contribution in [0.5, 0.6) is 0 Å². The van der Waals surface area contributed by atoms with Crippen LogP contribution >= 0.6 is 0 Å². The predicted molar refractivity (Wildman–Crippen MR) is 82.3 cm³/mol. The molecule has 0 aromatic heterocycles. The molecular formula is C16H21N3O2. The van der Waals surface area contributed by atoms with Crippen LogP contribution in [0.4, 0.5) is 11.4 Å². The lowest BCUT2D eigenvalue weighted by Crippen LogP contribution is -2.47. The molecule has 21 heavy (non-hydrogen) atoms. The standard InChI is InChI=1S/C16H21N3O2/c1-16(8-4-9-17-16)15(21)18-12-5-2-6-13(11-12)19-10-3-7-14(19)20/h2,5-6,11,17H,3-4,7-10H2,1H3,(H,18,21). The summed E-state index contributed by atoms with van der Waals surface area (Å²) in [7, 11) is 0. The Morgan fingerprint density at radius 2 is 2.24 bits per heavy atom. The fraction of sp³-hybridized carbons (Fsp3) is 0.500. The van der Waals surface area contributed by atoms with Crippen molar-refractivity contribution >= 4 is 23.2 Å². The molecule has 5 nitrogen and oxygen atoms in total. The molecule has 2 aliphatic heterocycles. The zero-order chi connectivity index (χ0) is 14.9. The van der Waals surface area contributed by atoms with Gasteiger partial charge in [-0.1, -0.05) is 6.07 Å². The number of hydrogen-bond acceptors (Lipinski definition) is 3. The maximum Gasteiger partial charge on any atom is 0.244 e. The van der Waals surface area contributed by atoms with E-state index in [0.717, 1.165) is 43.7 Å². The summed E-state index contributed by atoms with van der Waals surface area (Å²) in [5.74, 6) is 0.146. The average molecular weight is 287 g/mol. The molecule has 1 aromatic rings. The summed E-state index contributed by atoms with van der Waals surface area (Å²) < 4.78 is 0. The van der Waals surface area contributed by atoms with Crippen LogP contribution in [0.1, 0.15) is 32.6 Å². The van der Waals surface area contributed by atoms with Crippen LogP contribution < -0.4 is 15.5 Å². The molecule has 2 heterocycles. The number of anilines is 2. The van der Waals surface area contributed by atoms with Crippen molar-refractivity contribution < 1.29 is 9.59 Å². The molecule has 2 fully saturated rings. The van der Waals surface area contributed by atoms with Crippen molar-refractivity contribution in [2.45, 2.75) is 38.1 Å². The maximum atomic E-state index is 12.4. The van der Waals surface area contributed by atoms with Crippen LogP contribution in [-0.2, 0) is 9.59 Å². The number of nitrogens with one attached hydrogen (secondary N) is 2. The average Bonchev–Trinajstić information content (AvgIpc) is 3.09. The number of rotatable bonds is 3. The lowest BCUT2D eigenvalue weighted by molar-refractivity contribution is -0.121. The van der Waals surface area contributed by atoms with Crippen molar-refractivity contribution in [3.8, 4) is 0 Å². The van der Waals surface area contributed by atoms with Crippen molar-refractivity contribution in [3.05, 3.63) is 24.3 Å². The number of hydrogen-bond donors (Lipinski definition) is 2. The lowest BCUT2D eigenvalue weighted by Gasteiger charge is -2.23. The highest BCUT2D eigenvalue weighted by Gasteiger charge is 2.35. The Hall–Kier alpha value is -1.88. The van der Waals surface area contributed by atoms with E-state index in [1.807, 2.05) is 31.2 Å². The molecule has 112 valence electrons. The topological polar surface area (TPSA) is 61.4 Å². The minimum absolute atomic E-state index is 0.00935. The third-order valence-corrected chi connectivity index (χ3v) is 4.36. The van der Waals surface area contributed by atoms with E-state index in [1.54, 1.807) is 4.90 Å². The van der Waals surface area contributed by atoms with E-state index in [0.29, 0.717) is 6.42 Å². The lowest BCUT2D eigenvalue weighted by atomic mass is 9.99. The third kappa shape index (κ3) is 2.78. The van der Waals surface area contributed by atoms with Gasteiger partial charge < -0.3 is 15.5 Å². The van der Waals surface area contributed by atoms with Gasteiger partial charge in [0.1, 0.15) is 0 Å². The van der Waals surface area contributed by atoms with Crippen molar-refractivity contribution in [2.24, 2.45) is 0 Å². The Morgan fingerprint density at radius 1 is 1.38 bits per heavy atom. The van der Waals surface area contributed by atoms with Crippen LogP contribution in [0.3, 0.4) is 0 Å². The summed E-state index contributed by atoms with van der Waals surface area (Å²) in [6, 6.07) is 7.52. The molecule has 0 aliphatic carbocycles. The van der Waals surface area contributed by atoms with Gasteiger partial charge in [-0.2, -0.15) is 0 Å². The van der Waals surface area contributed by atoms with E-state index in [4.69, 9.17) is 0 Å². The smallest absolute Gasteiger partial charge is 0.244 e. The summed E-state index contributed by atoms with van der Waals surface area (Å²) in [6.07, 6.45) is 3.38. The van der Waals surface area contributed by atoms with E-state index >= 15 is 0 Å². The van der Waals surface area contributed by atoms with E-state index in [-0.39, 0.29) is 11.8 Å². The van der Waals surface area contributed by atoms with Gasteiger partial charge in [0.25, 0.3) is 0 Å². The van der Waals surface area contributed by atoms with Crippen LogP contribution in [0.25, 0.3) is 0 Å². The molecule has 0 radical (unpaired) electrons. The molecule has 2 N–H and O–H groups in total. The molecule has 1 atom stereocenters. The molecule has 2 amide bonds. The van der Waals surface area contributed by atoms with Crippen LogP contribution in [0.15, 0.2) is 24.3 Å². The van der Waals surface area contributed by atoms with Gasteiger partial charge in [0.05, 0.1) is 5.54 Å². The number of carbonyl (C=O) groups is 2. The van der Waals surface area contributed by atoms with Gasteiger partial charge in [0, 0.05) is 24.3 Å². The van der Waals surface area contributed by atoms with Crippen molar-refractivity contribution in [1.82, 2.24) is 5.32 Å². The Morgan fingerprint density at radius 3 is 2.90 bits per heavy atom. The number of carbonyl (C=O) groups excluding carboxylic acids is 2. The molecule has 0 spiro atoms. The summed E-state index contributed by atoms with van der Waals surface area (Å²) in [5, 5.41) is 6.22. The Kier molecular flexibility index (Phi) is 3.68. The Labute approximate surface area is 124 Å². The first-order valence-corrected chi connectivity index (χ1v) is 7.55. The third-order valence-electron chi connectivity index (χ3n) is 4.36. The zero-order valence-corrected chi connectivity index (χ0v) is 12.3. The molecule has 2 aliphatic rings. The summed E-state index contributed by atoms with van der Waals surface area (Å²) in [4.78, 5) is 26.0. The van der Waals surface area contributed by atoms with Gasteiger partial charge >= 0.3 is 0 Å². The molecule has 0 bridgehead atoms. The SMILES string of the molecule is CC1(C(=O)Nc2cccc(N3CCCC3=O)c2)CCCN1. The first-order chi connectivity index (χ1) is 10.1. The van der Waals surface area contributed by atoms with Crippen LogP contribution in [-0.4, -0.2) is 30.4 Å². The molecular weight excluding hydrogens is 266 g/mol. The van der Waals surface area contributed by atoms with Crippen LogP contribution in [0, 0.1) is 0 Å². The fourth-order valence-corrected chi connectivity index (χ4v) is 3.03. The fourth-order valence-electron chi connectivity index (χ4n) is 3.03. The Balaban J connectivity index is 1.74. The zero-order valence-electron chi connectivity index (χ0n) is 12.3. The highest BCUT2D eigenvalue weighted by molar-refractivity contribution is 5.99. The highest BCUT2D eigenvalue weighted by atomic mass is 16.2. The van der Waals surface area contributed by atoms with Crippen molar-refractivity contribution in [1.29, 1.82) is 0 Å². The second-order valence-corrected chi connectivity index (χ2v) is 6.02. The minimum atomic E-state index is -0.487. The first-order valence-electron chi connectivity index (χ1n) is 7.55. The second-order valence-electron chi connectivity index (χ2n) is 6.02. The summed E-state index contributed by atoms with van der Waals surface area (Å²) in [5.41, 5.74) is 1.12. The van der Waals surface area contributed by atoms with E-state index in [1.165, 1.54) is 0 Å². The van der Waals surface area contributed by atoms with Crippen molar-refractivity contribution in [2.75, 3.05) is 23.3 Å². The van der Waals surface area contributed by atoms with Gasteiger partial charge in [-0.25, -0.2) is 0 Å². The molecule has 1 unspecified atom stereocenters. The minimum Gasteiger partial charge on any atom is -0.324 e. The second kappa shape index (κ2) is 5.48. The van der Waals surface area contributed by atoms with Gasteiger partial charge in [0.15, 0.2) is 0 Å². The number of benzene rings is 1. The number of amides is 2. The molecule has 2 saturated heterocycles. The van der Waals surface area contributed by atoms with E-state index in [9.17, 15) is 9.59 Å². The predicted octanol–water partition coefficient (Wildman–Crippen LogP) is 1.89. The summed E-state index contributed by atoms with van der Waals surface area (Å²) >= 11 is 0. The van der Waals surface area contributed by atoms with Crippen LogP contribution in [0.2, 0.25) is 0 Å². The normalized spacial score (nSPS) is 25.4. The molecule has 3 rings (SSSR count). The van der Waals surface area contributed by atoms with E-state index < -0.39 is 5.54 Å². The first kappa shape index (κ1) is 14.1. The maximum absolute atomic E-state index is 12.4. The van der Waals surface area contributed by atoms with Gasteiger partial charge in [-0.05, 0) is 50.9 Å². The quantitative estimate of drug-likeness (QED) is 0.892.